The summed E-state index contributed by atoms with van der Waals surface area (Å²) >= 11 is 0. The van der Waals surface area contributed by atoms with Crippen molar-refractivity contribution in [3.8, 4) is 5.75 Å². The van der Waals surface area contributed by atoms with Gasteiger partial charge in [-0.25, -0.2) is 4.79 Å². The number of carbonyl (C=O) groups excluding carboxylic acids is 1. The molecule has 0 aliphatic carbocycles. The van der Waals surface area contributed by atoms with E-state index >= 15 is 0 Å². The molecule has 1 N–H and O–H groups in total. The SMILES string of the molecule is O=C(Oc1ccccc1)N1CCCN(Cc2cc[nH]c(=O)c2)CC1. The molecule has 6 nitrogen and oxygen atoms in total. The smallest absolute Gasteiger partial charge is 0.410 e. The Hall–Kier alpha value is -2.60. The number of amides is 1. The Kier molecular flexibility index (Phi) is 5.28. The summed E-state index contributed by atoms with van der Waals surface area (Å²) in [6.45, 7) is 3.66. The third-order valence-electron chi connectivity index (χ3n) is 4.04. The van der Waals surface area contributed by atoms with Crippen LogP contribution in [0.25, 0.3) is 0 Å². The standard InChI is InChI=1S/C18H21N3O3/c22-17-13-15(7-8-19-17)14-20-9-4-10-21(12-11-20)18(23)24-16-5-2-1-3-6-16/h1-3,5-8,13H,4,9-12,14H2,(H,19,22). The molecule has 24 heavy (non-hydrogen) atoms. The van der Waals surface area contributed by atoms with Crippen LogP contribution in [0.15, 0.2) is 53.5 Å². The largest absolute Gasteiger partial charge is 0.415 e. The Labute approximate surface area is 140 Å². The summed E-state index contributed by atoms with van der Waals surface area (Å²) in [6.07, 6.45) is 2.24. The van der Waals surface area contributed by atoms with Crippen LogP contribution in [0, 0.1) is 0 Å². The molecule has 2 heterocycles. The molecule has 0 saturated carbocycles. The topological polar surface area (TPSA) is 65.6 Å². The van der Waals surface area contributed by atoms with Gasteiger partial charge in [-0.15, -0.1) is 0 Å². The fraction of sp³-hybridized carbons (Fsp3) is 0.333. The molecule has 1 amide bonds. The minimum Gasteiger partial charge on any atom is -0.410 e. The minimum atomic E-state index is -0.306. The predicted molar refractivity (Wildman–Crippen MR) is 91.0 cm³/mol. The summed E-state index contributed by atoms with van der Waals surface area (Å²) in [7, 11) is 0. The molecule has 1 aliphatic heterocycles. The van der Waals surface area contributed by atoms with E-state index < -0.39 is 0 Å². The summed E-state index contributed by atoms with van der Waals surface area (Å²) in [5, 5.41) is 0. The van der Waals surface area contributed by atoms with Gasteiger partial charge in [0.25, 0.3) is 0 Å². The van der Waals surface area contributed by atoms with Gasteiger partial charge in [0.15, 0.2) is 0 Å². The van der Waals surface area contributed by atoms with Gasteiger partial charge in [-0.2, -0.15) is 0 Å². The highest BCUT2D eigenvalue weighted by atomic mass is 16.6. The van der Waals surface area contributed by atoms with Crippen LogP contribution in [0.2, 0.25) is 0 Å². The molecule has 1 fully saturated rings. The number of rotatable bonds is 3. The first kappa shape index (κ1) is 16.3. The molecule has 3 rings (SSSR count). The molecule has 0 radical (unpaired) electrons. The quantitative estimate of drug-likeness (QED) is 0.937. The first-order chi connectivity index (χ1) is 11.7. The number of benzene rings is 1. The molecule has 126 valence electrons. The van der Waals surface area contributed by atoms with Crippen LogP contribution in [-0.2, 0) is 6.54 Å². The van der Waals surface area contributed by atoms with Crippen molar-refractivity contribution in [1.82, 2.24) is 14.8 Å². The molecule has 6 heteroatoms. The maximum Gasteiger partial charge on any atom is 0.415 e. The molecule has 0 unspecified atom stereocenters. The fourth-order valence-corrected chi connectivity index (χ4v) is 2.81. The molecule has 1 aromatic carbocycles. The molecular weight excluding hydrogens is 306 g/mol. The van der Waals surface area contributed by atoms with Crippen molar-refractivity contribution >= 4 is 6.09 Å². The van der Waals surface area contributed by atoms with Crippen molar-refractivity contribution in [2.45, 2.75) is 13.0 Å². The van der Waals surface area contributed by atoms with Crippen molar-refractivity contribution in [3.63, 3.8) is 0 Å². The highest BCUT2D eigenvalue weighted by Gasteiger charge is 2.20. The van der Waals surface area contributed by atoms with Crippen molar-refractivity contribution < 1.29 is 9.53 Å². The molecule has 0 atom stereocenters. The molecule has 2 aromatic rings. The van der Waals surface area contributed by atoms with Crippen LogP contribution < -0.4 is 10.3 Å². The van der Waals surface area contributed by atoms with Crippen LogP contribution in [0.4, 0.5) is 4.79 Å². The van der Waals surface area contributed by atoms with Gasteiger partial charge in [0.1, 0.15) is 5.75 Å². The normalized spacial score (nSPS) is 15.8. The number of nitrogens with one attached hydrogen (secondary N) is 1. The lowest BCUT2D eigenvalue weighted by Gasteiger charge is -2.21. The first-order valence-electron chi connectivity index (χ1n) is 8.12. The van der Waals surface area contributed by atoms with Gasteiger partial charge in [0.05, 0.1) is 0 Å². The number of para-hydroxylation sites is 1. The zero-order chi connectivity index (χ0) is 16.8. The van der Waals surface area contributed by atoms with Gasteiger partial charge >= 0.3 is 6.09 Å². The summed E-state index contributed by atoms with van der Waals surface area (Å²) in [5.74, 6) is 0.562. The average molecular weight is 327 g/mol. The number of H-pyrrole nitrogens is 1. The van der Waals surface area contributed by atoms with Gasteiger partial charge in [-0.1, -0.05) is 18.2 Å². The third kappa shape index (κ3) is 4.45. The second kappa shape index (κ2) is 7.79. The van der Waals surface area contributed by atoms with E-state index in [4.69, 9.17) is 4.74 Å². The van der Waals surface area contributed by atoms with Crippen LogP contribution in [0.5, 0.6) is 5.75 Å². The van der Waals surface area contributed by atoms with E-state index in [1.165, 1.54) is 0 Å². The van der Waals surface area contributed by atoms with E-state index in [-0.39, 0.29) is 11.7 Å². The first-order valence-corrected chi connectivity index (χ1v) is 8.12. The lowest BCUT2D eigenvalue weighted by Crippen LogP contribution is -2.37. The number of aromatic amines is 1. The highest BCUT2D eigenvalue weighted by molar-refractivity contribution is 5.70. The summed E-state index contributed by atoms with van der Waals surface area (Å²) in [4.78, 5) is 30.3. The minimum absolute atomic E-state index is 0.0876. The lowest BCUT2D eigenvalue weighted by molar-refractivity contribution is 0.153. The zero-order valence-corrected chi connectivity index (χ0v) is 13.5. The molecular formula is C18H21N3O3. The van der Waals surface area contributed by atoms with Gasteiger partial charge in [-0.05, 0) is 30.2 Å². The molecule has 0 bridgehead atoms. The van der Waals surface area contributed by atoms with Crippen LogP contribution in [0.1, 0.15) is 12.0 Å². The van der Waals surface area contributed by atoms with Crippen LogP contribution in [0.3, 0.4) is 0 Å². The summed E-state index contributed by atoms with van der Waals surface area (Å²) < 4.78 is 5.40. The van der Waals surface area contributed by atoms with E-state index in [1.54, 1.807) is 29.3 Å². The Morgan fingerprint density at radius 3 is 2.71 bits per heavy atom. The maximum absolute atomic E-state index is 12.3. The Morgan fingerprint density at radius 1 is 1.08 bits per heavy atom. The van der Waals surface area contributed by atoms with E-state index in [2.05, 4.69) is 9.88 Å². The van der Waals surface area contributed by atoms with Crippen molar-refractivity contribution in [2.75, 3.05) is 26.2 Å². The molecule has 0 spiro atoms. The number of pyridine rings is 1. The van der Waals surface area contributed by atoms with E-state index in [9.17, 15) is 9.59 Å². The molecule has 1 aliphatic rings. The monoisotopic (exact) mass is 327 g/mol. The Balaban J connectivity index is 1.54. The number of aromatic nitrogens is 1. The number of hydrogen-bond donors (Lipinski definition) is 1. The van der Waals surface area contributed by atoms with E-state index in [0.717, 1.165) is 25.1 Å². The number of ether oxygens (including phenoxy) is 1. The molecule has 1 saturated heterocycles. The van der Waals surface area contributed by atoms with E-state index in [1.807, 2.05) is 24.3 Å². The van der Waals surface area contributed by atoms with Gasteiger partial charge < -0.3 is 14.6 Å². The summed E-state index contributed by atoms with van der Waals surface area (Å²) in [6, 6.07) is 12.6. The Morgan fingerprint density at radius 2 is 1.92 bits per heavy atom. The maximum atomic E-state index is 12.3. The highest BCUT2D eigenvalue weighted by Crippen LogP contribution is 2.12. The second-order valence-corrected chi connectivity index (χ2v) is 5.86. The second-order valence-electron chi connectivity index (χ2n) is 5.86. The number of hydrogen-bond acceptors (Lipinski definition) is 4. The lowest BCUT2D eigenvalue weighted by atomic mass is 10.2. The zero-order valence-electron chi connectivity index (χ0n) is 13.5. The number of carbonyl (C=O) groups is 1. The summed E-state index contributed by atoms with van der Waals surface area (Å²) in [5.41, 5.74) is 0.898. The average Bonchev–Trinajstić information content (AvgIpc) is 2.81. The van der Waals surface area contributed by atoms with Crippen LogP contribution in [-0.4, -0.2) is 47.1 Å². The van der Waals surface area contributed by atoms with Crippen molar-refractivity contribution in [3.05, 3.63) is 64.6 Å². The van der Waals surface area contributed by atoms with Crippen molar-refractivity contribution in [2.24, 2.45) is 0 Å². The fourth-order valence-electron chi connectivity index (χ4n) is 2.81. The van der Waals surface area contributed by atoms with Crippen LogP contribution >= 0.6 is 0 Å². The van der Waals surface area contributed by atoms with E-state index in [0.29, 0.717) is 25.4 Å². The van der Waals surface area contributed by atoms with Gasteiger partial charge in [-0.3, -0.25) is 9.69 Å². The number of nitrogens with zero attached hydrogens (tertiary/aromatic N) is 2. The third-order valence-corrected chi connectivity index (χ3v) is 4.04. The molecule has 1 aromatic heterocycles. The predicted octanol–water partition coefficient (Wildman–Crippen LogP) is 2.08. The van der Waals surface area contributed by atoms with Gasteiger partial charge in [0.2, 0.25) is 5.56 Å². The Bertz CT molecular complexity index is 730. The van der Waals surface area contributed by atoms with Gasteiger partial charge in [0, 0.05) is 45.0 Å². The van der Waals surface area contributed by atoms with Crippen molar-refractivity contribution in [1.29, 1.82) is 0 Å².